The third kappa shape index (κ3) is 2.96. The normalized spacial score (nSPS) is 16.4. The van der Waals surface area contributed by atoms with Crippen LogP contribution in [0.3, 0.4) is 0 Å². The summed E-state index contributed by atoms with van der Waals surface area (Å²) >= 11 is 1.38. The molecule has 0 bridgehead atoms. The molecule has 0 spiro atoms. The molecule has 1 fully saturated rings. The first-order valence-electron chi connectivity index (χ1n) is 9.00. The van der Waals surface area contributed by atoms with Gasteiger partial charge in [0.25, 0.3) is 0 Å². The van der Waals surface area contributed by atoms with Crippen LogP contribution in [0.4, 0.5) is 13.2 Å². The van der Waals surface area contributed by atoms with Crippen molar-refractivity contribution in [2.75, 3.05) is 13.1 Å². The number of nitrogens with zero attached hydrogens (tertiary/aromatic N) is 5. The summed E-state index contributed by atoms with van der Waals surface area (Å²) in [5.41, 5.74) is 0.857. The Hall–Kier alpha value is -2.46. The highest BCUT2D eigenvalue weighted by Gasteiger charge is 2.35. The van der Waals surface area contributed by atoms with Crippen LogP contribution >= 0.6 is 11.3 Å². The van der Waals surface area contributed by atoms with Crippen molar-refractivity contribution >= 4 is 27.3 Å². The molecule has 1 N–H and O–H groups in total. The molecule has 0 aliphatic carbocycles. The zero-order chi connectivity index (χ0) is 19.5. The third-order valence-corrected chi connectivity index (χ3v) is 6.15. The monoisotopic (exact) mass is 406 g/mol. The van der Waals surface area contributed by atoms with E-state index in [9.17, 15) is 13.2 Å². The topological polar surface area (TPSA) is 60.0 Å². The number of alkyl halides is 3. The van der Waals surface area contributed by atoms with Crippen LogP contribution in [0.25, 0.3) is 26.4 Å². The van der Waals surface area contributed by atoms with Crippen LogP contribution in [-0.4, -0.2) is 37.5 Å². The summed E-state index contributed by atoms with van der Waals surface area (Å²) in [6.45, 7) is 1.97. The van der Waals surface area contributed by atoms with Crippen LogP contribution in [0.2, 0.25) is 0 Å². The predicted molar refractivity (Wildman–Crippen MR) is 100 cm³/mol. The van der Waals surface area contributed by atoms with Gasteiger partial charge in [-0.3, -0.25) is 4.40 Å². The maximum Gasteiger partial charge on any atom is 0.418 e. The van der Waals surface area contributed by atoms with Crippen molar-refractivity contribution < 1.29 is 13.2 Å². The first-order valence-corrected chi connectivity index (χ1v) is 9.82. The van der Waals surface area contributed by atoms with E-state index in [0.29, 0.717) is 11.5 Å². The van der Waals surface area contributed by atoms with Crippen molar-refractivity contribution in [1.82, 2.24) is 29.7 Å². The van der Waals surface area contributed by atoms with E-state index in [1.807, 2.05) is 16.8 Å². The van der Waals surface area contributed by atoms with Gasteiger partial charge in [0.15, 0.2) is 4.96 Å². The Balaban J connectivity index is 1.57. The molecule has 146 valence electrons. The van der Waals surface area contributed by atoms with Crippen molar-refractivity contribution in [2.45, 2.75) is 24.9 Å². The van der Waals surface area contributed by atoms with Crippen molar-refractivity contribution in [2.24, 2.45) is 7.05 Å². The largest absolute Gasteiger partial charge is 0.418 e. The molecule has 0 saturated carbocycles. The average Bonchev–Trinajstić information content (AvgIpc) is 3.32. The first-order chi connectivity index (χ1) is 13.4. The molecule has 1 saturated heterocycles. The molecule has 0 atom stereocenters. The van der Waals surface area contributed by atoms with E-state index in [-0.39, 0.29) is 11.0 Å². The minimum Gasteiger partial charge on any atom is -0.317 e. The van der Waals surface area contributed by atoms with Crippen LogP contribution in [0, 0.1) is 0 Å². The van der Waals surface area contributed by atoms with Gasteiger partial charge in [0.05, 0.1) is 16.1 Å². The molecule has 0 radical (unpaired) electrons. The fraction of sp³-hybridized carbons (Fsp3) is 0.389. The predicted octanol–water partition coefficient (Wildman–Crippen LogP) is 3.83. The summed E-state index contributed by atoms with van der Waals surface area (Å²) in [4.78, 5) is 7.39. The Kier molecular flexibility index (Phi) is 3.95. The Morgan fingerprint density at radius 2 is 1.93 bits per heavy atom. The van der Waals surface area contributed by atoms with E-state index in [1.54, 1.807) is 6.07 Å². The van der Waals surface area contributed by atoms with E-state index in [2.05, 4.69) is 15.5 Å². The van der Waals surface area contributed by atoms with Crippen molar-refractivity contribution in [1.29, 1.82) is 0 Å². The van der Waals surface area contributed by atoms with Gasteiger partial charge >= 0.3 is 6.18 Å². The lowest BCUT2D eigenvalue weighted by molar-refractivity contribution is -0.136. The number of piperidine rings is 1. The van der Waals surface area contributed by atoms with Gasteiger partial charge in [0.1, 0.15) is 11.0 Å². The van der Waals surface area contributed by atoms with Gasteiger partial charge in [-0.1, -0.05) is 11.3 Å². The second-order valence-electron chi connectivity index (χ2n) is 7.05. The summed E-state index contributed by atoms with van der Waals surface area (Å²) in [5.74, 6) is 0.435. The number of aryl methyl sites for hydroxylation is 1. The Morgan fingerprint density at radius 1 is 1.14 bits per heavy atom. The number of hydrogen-bond acceptors (Lipinski definition) is 5. The van der Waals surface area contributed by atoms with Gasteiger partial charge in [0.2, 0.25) is 0 Å². The number of aromatic nitrogens is 5. The summed E-state index contributed by atoms with van der Waals surface area (Å²) in [6.07, 6.45) is 1.45. The lowest BCUT2D eigenvalue weighted by atomic mass is 9.95. The Labute approximate surface area is 162 Å². The molecular formula is C18H17F3N6S. The van der Waals surface area contributed by atoms with Gasteiger partial charge in [-0.15, -0.1) is 0 Å². The molecule has 10 heteroatoms. The number of fused-ring (bicyclic) bond motifs is 2. The molecule has 3 aromatic heterocycles. The quantitative estimate of drug-likeness (QED) is 0.550. The fourth-order valence-electron chi connectivity index (χ4n) is 3.74. The zero-order valence-corrected chi connectivity index (χ0v) is 15.8. The molecule has 4 aromatic rings. The Bertz CT molecular complexity index is 1130. The van der Waals surface area contributed by atoms with E-state index < -0.39 is 11.7 Å². The van der Waals surface area contributed by atoms with Crippen LogP contribution in [-0.2, 0) is 13.2 Å². The summed E-state index contributed by atoms with van der Waals surface area (Å²) in [6, 6.07) is 2.80. The lowest BCUT2D eigenvalue weighted by Gasteiger charge is -2.20. The minimum atomic E-state index is -4.50. The highest BCUT2D eigenvalue weighted by Crippen LogP contribution is 2.39. The molecule has 5 rings (SSSR count). The third-order valence-electron chi connectivity index (χ3n) is 5.11. The van der Waals surface area contributed by atoms with Gasteiger partial charge in [-0.2, -0.15) is 28.2 Å². The van der Waals surface area contributed by atoms with E-state index in [1.165, 1.54) is 18.4 Å². The standard InChI is InChI=1S/C18H17F3N6S/c1-26-24-13-7-11(6-12(16(13)25-26)18(19,20)21)15-9-27-8-14(23-17(27)28-15)10-2-4-22-5-3-10/h6-10,22H,2-5H2,1H3. The van der Waals surface area contributed by atoms with Crippen molar-refractivity contribution in [3.63, 3.8) is 0 Å². The molecule has 0 amide bonds. The van der Waals surface area contributed by atoms with E-state index >= 15 is 0 Å². The summed E-state index contributed by atoms with van der Waals surface area (Å²) in [7, 11) is 1.52. The summed E-state index contributed by atoms with van der Waals surface area (Å²) < 4.78 is 42.5. The van der Waals surface area contributed by atoms with E-state index in [4.69, 9.17) is 4.98 Å². The molecule has 6 nitrogen and oxygen atoms in total. The van der Waals surface area contributed by atoms with Gasteiger partial charge in [0, 0.05) is 25.4 Å². The van der Waals surface area contributed by atoms with Crippen LogP contribution in [0.5, 0.6) is 0 Å². The van der Waals surface area contributed by atoms with Gasteiger partial charge in [-0.25, -0.2) is 4.98 Å². The maximum absolute atomic E-state index is 13.5. The smallest absolute Gasteiger partial charge is 0.317 e. The van der Waals surface area contributed by atoms with E-state index in [0.717, 1.165) is 52.3 Å². The van der Waals surface area contributed by atoms with Gasteiger partial charge in [-0.05, 0) is 43.6 Å². The van der Waals surface area contributed by atoms with Crippen molar-refractivity contribution in [3.05, 3.63) is 35.8 Å². The number of thiazole rings is 1. The number of imidazole rings is 1. The lowest BCUT2D eigenvalue weighted by Crippen LogP contribution is -2.26. The molecule has 1 aliphatic heterocycles. The highest BCUT2D eigenvalue weighted by atomic mass is 32.1. The maximum atomic E-state index is 13.5. The number of benzene rings is 1. The highest BCUT2D eigenvalue weighted by molar-refractivity contribution is 7.20. The molecule has 1 aliphatic rings. The molecule has 1 aromatic carbocycles. The zero-order valence-electron chi connectivity index (χ0n) is 15.0. The number of halogens is 3. The second kappa shape index (κ2) is 6.28. The molecule has 28 heavy (non-hydrogen) atoms. The fourth-order valence-corrected chi connectivity index (χ4v) is 4.70. The van der Waals surface area contributed by atoms with Crippen molar-refractivity contribution in [3.8, 4) is 10.4 Å². The van der Waals surface area contributed by atoms with Crippen LogP contribution < -0.4 is 5.32 Å². The minimum absolute atomic E-state index is 0.131. The van der Waals surface area contributed by atoms with Crippen LogP contribution in [0.1, 0.15) is 30.0 Å². The number of hydrogen-bond donors (Lipinski definition) is 1. The SMILES string of the molecule is Cn1nc2cc(-c3cn4cc(C5CCNCC5)nc4s3)cc(C(F)(F)F)c2n1. The van der Waals surface area contributed by atoms with Crippen LogP contribution in [0.15, 0.2) is 24.5 Å². The average molecular weight is 406 g/mol. The summed E-state index contributed by atoms with van der Waals surface area (Å²) in [5, 5.41) is 11.3. The number of rotatable bonds is 2. The van der Waals surface area contributed by atoms with Gasteiger partial charge < -0.3 is 5.32 Å². The molecule has 0 unspecified atom stereocenters. The Morgan fingerprint density at radius 3 is 2.64 bits per heavy atom. The number of nitrogens with one attached hydrogen (secondary N) is 1. The molecular weight excluding hydrogens is 389 g/mol. The molecule has 4 heterocycles. The second-order valence-corrected chi connectivity index (χ2v) is 8.06. The first kappa shape index (κ1) is 17.6.